The van der Waals surface area contributed by atoms with Crippen LogP contribution in [0.5, 0.6) is 5.88 Å². The number of ether oxygens (including phenoxy) is 1. The minimum atomic E-state index is -2.52. The fourth-order valence-corrected chi connectivity index (χ4v) is 1.31. The van der Waals surface area contributed by atoms with E-state index in [0.717, 1.165) is 6.54 Å². The van der Waals surface area contributed by atoms with Crippen molar-refractivity contribution in [1.82, 2.24) is 10.3 Å². The lowest BCUT2D eigenvalue weighted by Crippen LogP contribution is -2.34. The Kier molecular flexibility index (Phi) is 9.93. The third kappa shape index (κ3) is 9.38. The van der Waals surface area contributed by atoms with Crippen molar-refractivity contribution >= 4 is 29.9 Å². The third-order valence-electron chi connectivity index (χ3n) is 2.24. The molecule has 0 aliphatic heterocycles. The molecule has 21 heavy (non-hydrogen) atoms. The minimum Gasteiger partial charge on any atom is -0.472 e. The Labute approximate surface area is 140 Å². The molecule has 0 aliphatic carbocycles. The van der Waals surface area contributed by atoms with Gasteiger partial charge >= 0.3 is 0 Å². The molecule has 0 radical (unpaired) electrons. The first-order chi connectivity index (χ1) is 9.47. The summed E-state index contributed by atoms with van der Waals surface area (Å²) in [5.41, 5.74) is 6.29. The van der Waals surface area contributed by atoms with E-state index >= 15 is 0 Å². The maximum absolute atomic E-state index is 12.0. The number of nitrogens with one attached hydrogen (secondary N) is 1. The molecule has 0 aromatic carbocycles. The molecule has 1 rings (SSSR count). The molecule has 0 atom stereocenters. The molecule has 0 bridgehead atoms. The summed E-state index contributed by atoms with van der Waals surface area (Å²) in [6.07, 6.45) is -2.52. The number of aliphatic imine (C=N–C) groups is 1. The second-order valence-electron chi connectivity index (χ2n) is 4.65. The highest BCUT2D eigenvalue weighted by atomic mass is 127. The Bertz CT molecular complexity index is 444. The largest absolute Gasteiger partial charge is 0.472 e. The molecule has 1 aromatic rings. The van der Waals surface area contributed by atoms with Gasteiger partial charge in [-0.3, -0.25) is 0 Å². The molecule has 1 heterocycles. The van der Waals surface area contributed by atoms with Gasteiger partial charge in [0.25, 0.3) is 6.43 Å². The lowest BCUT2D eigenvalue weighted by Gasteiger charge is -2.08. The van der Waals surface area contributed by atoms with Gasteiger partial charge in [-0.1, -0.05) is 19.9 Å². The summed E-state index contributed by atoms with van der Waals surface area (Å²) in [5, 5.41) is 2.98. The molecule has 1 aromatic heterocycles. The molecule has 120 valence electrons. The van der Waals surface area contributed by atoms with E-state index in [2.05, 4.69) is 29.1 Å². The molecular formula is C13H21F2IN4O. The van der Waals surface area contributed by atoms with Gasteiger partial charge in [-0.15, -0.1) is 24.0 Å². The van der Waals surface area contributed by atoms with Crippen molar-refractivity contribution in [3.63, 3.8) is 0 Å². The van der Waals surface area contributed by atoms with Gasteiger partial charge in [0.05, 0.1) is 12.2 Å². The van der Waals surface area contributed by atoms with Crippen LogP contribution >= 0.6 is 24.0 Å². The van der Waals surface area contributed by atoms with Gasteiger partial charge in [-0.2, -0.15) is 0 Å². The lowest BCUT2D eigenvalue weighted by atomic mass is 10.2. The Morgan fingerprint density at radius 2 is 2.14 bits per heavy atom. The molecule has 0 saturated heterocycles. The second kappa shape index (κ2) is 10.5. The van der Waals surface area contributed by atoms with Crippen LogP contribution in [0.25, 0.3) is 0 Å². The summed E-state index contributed by atoms with van der Waals surface area (Å²) < 4.78 is 28.9. The number of halogens is 3. The molecule has 0 fully saturated rings. The number of nitrogens with two attached hydrogens (primary N) is 1. The number of aromatic nitrogens is 1. The van der Waals surface area contributed by atoms with Gasteiger partial charge in [0.1, 0.15) is 0 Å². The van der Waals surface area contributed by atoms with E-state index < -0.39 is 13.0 Å². The molecule has 0 amide bonds. The average Bonchev–Trinajstić information content (AvgIpc) is 2.41. The Morgan fingerprint density at radius 1 is 1.43 bits per heavy atom. The van der Waals surface area contributed by atoms with Crippen molar-refractivity contribution in [2.24, 2.45) is 16.6 Å². The van der Waals surface area contributed by atoms with Gasteiger partial charge in [0.2, 0.25) is 5.88 Å². The standard InChI is InChI=1S/C13H20F2N4O.HI/c1-9(2)6-17-13(16)18-7-10-4-3-5-12(19-10)20-8-11(14)15;/h3-5,9,11H,6-8H2,1-2H3,(H3,16,17,18);1H. The summed E-state index contributed by atoms with van der Waals surface area (Å²) in [6.45, 7) is 4.46. The first-order valence-corrected chi connectivity index (χ1v) is 6.38. The summed E-state index contributed by atoms with van der Waals surface area (Å²) >= 11 is 0. The van der Waals surface area contributed by atoms with E-state index in [9.17, 15) is 8.78 Å². The lowest BCUT2D eigenvalue weighted by molar-refractivity contribution is 0.0795. The molecule has 3 N–H and O–H groups in total. The van der Waals surface area contributed by atoms with E-state index in [0.29, 0.717) is 17.6 Å². The van der Waals surface area contributed by atoms with Crippen molar-refractivity contribution in [3.8, 4) is 5.88 Å². The van der Waals surface area contributed by atoms with Crippen LogP contribution in [0.1, 0.15) is 19.5 Å². The third-order valence-corrected chi connectivity index (χ3v) is 2.24. The summed E-state index contributed by atoms with van der Waals surface area (Å²) in [5.74, 6) is 0.957. The van der Waals surface area contributed by atoms with Crippen LogP contribution in [0.15, 0.2) is 23.2 Å². The normalized spacial score (nSPS) is 11.4. The van der Waals surface area contributed by atoms with Gasteiger partial charge in [0.15, 0.2) is 12.6 Å². The van der Waals surface area contributed by atoms with Crippen LogP contribution in [0, 0.1) is 5.92 Å². The van der Waals surface area contributed by atoms with E-state index in [1.807, 2.05) is 0 Å². The number of guanidine groups is 1. The van der Waals surface area contributed by atoms with E-state index in [4.69, 9.17) is 10.5 Å². The fraction of sp³-hybridized carbons (Fsp3) is 0.538. The highest BCUT2D eigenvalue weighted by Crippen LogP contribution is 2.09. The molecular weight excluding hydrogens is 393 g/mol. The van der Waals surface area contributed by atoms with Crippen molar-refractivity contribution in [2.45, 2.75) is 26.8 Å². The van der Waals surface area contributed by atoms with Crippen molar-refractivity contribution in [3.05, 3.63) is 23.9 Å². The van der Waals surface area contributed by atoms with Gasteiger partial charge in [-0.05, 0) is 12.0 Å². The molecule has 0 saturated carbocycles. The van der Waals surface area contributed by atoms with E-state index in [-0.39, 0.29) is 36.4 Å². The summed E-state index contributed by atoms with van der Waals surface area (Å²) in [4.78, 5) is 8.19. The smallest absolute Gasteiger partial charge is 0.272 e. The molecule has 0 unspecified atom stereocenters. The monoisotopic (exact) mass is 414 g/mol. The van der Waals surface area contributed by atoms with Crippen LogP contribution in [-0.4, -0.2) is 30.5 Å². The van der Waals surface area contributed by atoms with Crippen LogP contribution in [0.4, 0.5) is 8.78 Å². The minimum absolute atomic E-state index is 0. The van der Waals surface area contributed by atoms with Gasteiger partial charge in [-0.25, -0.2) is 18.8 Å². The average molecular weight is 414 g/mol. The Hall–Kier alpha value is -1.19. The zero-order valence-electron chi connectivity index (χ0n) is 12.1. The van der Waals surface area contributed by atoms with Crippen LogP contribution < -0.4 is 15.8 Å². The zero-order chi connectivity index (χ0) is 15.0. The summed E-state index contributed by atoms with van der Waals surface area (Å²) in [7, 11) is 0. The number of alkyl halides is 2. The van der Waals surface area contributed by atoms with E-state index in [1.54, 1.807) is 12.1 Å². The molecule has 5 nitrogen and oxygen atoms in total. The highest BCUT2D eigenvalue weighted by molar-refractivity contribution is 14.0. The number of pyridine rings is 1. The maximum Gasteiger partial charge on any atom is 0.272 e. The molecule has 8 heteroatoms. The van der Waals surface area contributed by atoms with Crippen LogP contribution in [-0.2, 0) is 6.54 Å². The van der Waals surface area contributed by atoms with Crippen molar-refractivity contribution in [1.29, 1.82) is 0 Å². The SMILES string of the molecule is CC(C)CNC(N)=NCc1cccc(OCC(F)F)n1.I. The quantitative estimate of drug-likeness (QED) is 0.409. The highest BCUT2D eigenvalue weighted by Gasteiger charge is 2.05. The predicted molar refractivity (Wildman–Crippen MR) is 89.3 cm³/mol. The predicted octanol–water partition coefficient (Wildman–Crippen LogP) is 2.40. The number of hydrogen-bond acceptors (Lipinski definition) is 3. The zero-order valence-corrected chi connectivity index (χ0v) is 14.4. The fourth-order valence-electron chi connectivity index (χ4n) is 1.31. The van der Waals surface area contributed by atoms with Crippen molar-refractivity contribution < 1.29 is 13.5 Å². The number of hydrogen-bond donors (Lipinski definition) is 2. The van der Waals surface area contributed by atoms with Gasteiger partial charge < -0.3 is 15.8 Å². The molecule has 0 spiro atoms. The second-order valence-corrected chi connectivity index (χ2v) is 4.65. The van der Waals surface area contributed by atoms with Crippen LogP contribution in [0.3, 0.4) is 0 Å². The first-order valence-electron chi connectivity index (χ1n) is 6.38. The maximum atomic E-state index is 12.0. The Balaban J connectivity index is 0.00000400. The van der Waals surface area contributed by atoms with Crippen molar-refractivity contribution in [2.75, 3.05) is 13.2 Å². The van der Waals surface area contributed by atoms with Crippen LogP contribution in [0.2, 0.25) is 0 Å². The first kappa shape index (κ1) is 19.8. The Morgan fingerprint density at radius 3 is 2.76 bits per heavy atom. The number of rotatable bonds is 7. The summed E-state index contributed by atoms with van der Waals surface area (Å²) in [6, 6.07) is 4.93. The number of nitrogens with zero attached hydrogens (tertiary/aromatic N) is 2. The topological polar surface area (TPSA) is 72.5 Å². The van der Waals surface area contributed by atoms with Gasteiger partial charge in [0, 0.05) is 12.6 Å². The molecule has 0 aliphatic rings. The van der Waals surface area contributed by atoms with E-state index in [1.165, 1.54) is 6.07 Å².